The summed E-state index contributed by atoms with van der Waals surface area (Å²) in [7, 11) is 2.16. The summed E-state index contributed by atoms with van der Waals surface area (Å²) in [4.78, 5) is 21.3. The van der Waals surface area contributed by atoms with E-state index in [9.17, 15) is 4.79 Å². The van der Waals surface area contributed by atoms with Crippen molar-refractivity contribution in [2.45, 2.75) is 6.42 Å². The van der Waals surface area contributed by atoms with Crippen LogP contribution in [-0.2, 0) is 0 Å². The third kappa shape index (κ3) is 4.21. The maximum atomic E-state index is 12.4. The molecule has 1 N–H and O–H groups in total. The Kier molecular flexibility index (Phi) is 5.61. The fourth-order valence-corrected chi connectivity index (χ4v) is 2.92. The number of likely N-dealkylation sites (N-methyl/N-ethyl adjacent to an activating group) is 1. The van der Waals surface area contributed by atoms with Crippen LogP contribution in [0.4, 0.5) is 0 Å². The van der Waals surface area contributed by atoms with Crippen molar-refractivity contribution in [2.24, 2.45) is 0 Å². The first-order valence-electron chi connectivity index (χ1n) is 8.51. The van der Waals surface area contributed by atoms with Gasteiger partial charge in [-0.1, -0.05) is 18.2 Å². The molecule has 6 nitrogen and oxygen atoms in total. The van der Waals surface area contributed by atoms with Crippen LogP contribution in [0.1, 0.15) is 16.9 Å². The number of nitrogens with zero attached hydrogens (tertiary/aromatic N) is 4. The summed E-state index contributed by atoms with van der Waals surface area (Å²) in [6, 6.07) is 9.79. The van der Waals surface area contributed by atoms with Crippen molar-refractivity contribution in [3.63, 3.8) is 0 Å². The molecule has 0 bridgehead atoms. The number of piperazine rings is 1. The van der Waals surface area contributed by atoms with Gasteiger partial charge in [0.2, 0.25) is 0 Å². The first-order chi connectivity index (χ1) is 11.7. The molecular formula is C18H25N5O. The molecule has 1 aromatic carbocycles. The smallest absolute Gasteiger partial charge is 0.269 e. The number of amides is 1. The lowest BCUT2D eigenvalue weighted by Crippen LogP contribution is -2.45. The zero-order chi connectivity index (χ0) is 16.8. The first kappa shape index (κ1) is 16.7. The van der Waals surface area contributed by atoms with E-state index < -0.39 is 0 Å². The SMILES string of the molecule is CN1CCN(CCCNC(=O)c2cncn2-c2ccccc2)CC1. The van der Waals surface area contributed by atoms with Crippen LogP contribution < -0.4 is 5.32 Å². The molecule has 3 rings (SSSR count). The predicted molar refractivity (Wildman–Crippen MR) is 94.5 cm³/mol. The van der Waals surface area contributed by atoms with E-state index in [2.05, 4.69) is 27.1 Å². The minimum atomic E-state index is -0.0743. The molecule has 0 spiro atoms. The van der Waals surface area contributed by atoms with E-state index in [0.29, 0.717) is 12.2 Å². The minimum Gasteiger partial charge on any atom is -0.351 e. The normalized spacial score (nSPS) is 16.2. The fourth-order valence-electron chi connectivity index (χ4n) is 2.92. The van der Waals surface area contributed by atoms with E-state index in [1.807, 2.05) is 34.9 Å². The number of hydrogen-bond donors (Lipinski definition) is 1. The van der Waals surface area contributed by atoms with E-state index in [1.165, 1.54) is 0 Å². The number of carbonyl (C=O) groups is 1. The largest absolute Gasteiger partial charge is 0.351 e. The molecular weight excluding hydrogens is 302 g/mol. The van der Waals surface area contributed by atoms with Gasteiger partial charge in [-0.05, 0) is 32.1 Å². The van der Waals surface area contributed by atoms with E-state index in [0.717, 1.165) is 44.8 Å². The van der Waals surface area contributed by atoms with Crippen LogP contribution in [0, 0.1) is 0 Å². The standard InChI is InChI=1S/C18H25N5O/c1-21-10-12-22(13-11-21)9-5-8-20-18(24)17-14-19-15-23(17)16-6-3-2-4-7-16/h2-4,6-7,14-15H,5,8-13H2,1H3,(H,20,24). The summed E-state index contributed by atoms with van der Waals surface area (Å²) in [6.07, 6.45) is 4.26. The Morgan fingerprint density at radius 1 is 1.17 bits per heavy atom. The molecule has 1 aliphatic rings. The minimum absolute atomic E-state index is 0.0743. The van der Waals surface area contributed by atoms with Gasteiger partial charge in [0, 0.05) is 38.4 Å². The van der Waals surface area contributed by atoms with Crippen LogP contribution >= 0.6 is 0 Å². The van der Waals surface area contributed by atoms with Gasteiger partial charge in [0.15, 0.2) is 0 Å². The van der Waals surface area contributed by atoms with Gasteiger partial charge < -0.3 is 15.1 Å². The first-order valence-corrected chi connectivity index (χ1v) is 8.51. The second kappa shape index (κ2) is 8.08. The third-order valence-corrected chi connectivity index (χ3v) is 4.44. The quantitative estimate of drug-likeness (QED) is 0.811. The molecule has 128 valence electrons. The van der Waals surface area contributed by atoms with Crippen LogP contribution in [0.2, 0.25) is 0 Å². The Balaban J connectivity index is 1.47. The van der Waals surface area contributed by atoms with Gasteiger partial charge in [0.1, 0.15) is 5.69 Å². The summed E-state index contributed by atoms with van der Waals surface area (Å²) in [5.74, 6) is -0.0743. The number of imidazole rings is 1. The topological polar surface area (TPSA) is 53.4 Å². The van der Waals surface area contributed by atoms with Crippen molar-refractivity contribution in [3.05, 3.63) is 48.5 Å². The summed E-state index contributed by atoms with van der Waals surface area (Å²) in [5.41, 5.74) is 1.51. The molecule has 24 heavy (non-hydrogen) atoms. The van der Waals surface area contributed by atoms with Gasteiger partial charge in [-0.2, -0.15) is 0 Å². The average molecular weight is 327 g/mol. The number of nitrogens with one attached hydrogen (secondary N) is 1. The van der Waals surface area contributed by atoms with E-state index >= 15 is 0 Å². The highest BCUT2D eigenvalue weighted by Gasteiger charge is 2.14. The van der Waals surface area contributed by atoms with Crippen molar-refractivity contribution < 1.29 is 4.79 Å². The lowest BCUT2D eigenvalue weighted by molar-refractivity contribution is 0.0942. The molecule has 1 aliphatic heterocycles. The molecule has 1 fully saturated rings. The molecule has 0 aliphatic carbocycles. The van der Waals surface area contributed by atoms with Crippen molar-refractivity contribution in [1.29, 1.82) is 0 Å². The molecule has 1 aromatic heterocycles. The number of aromatic nitrogens is 2. The second-order valence-corrected chi connectivity index (χ2v) is 6.24. The molecule has 2 heterocycles. The number of benzene rings is 1. The zero-order valence-electron chi connectivity index (χ0n) is 14.2. The summed E-state index contributed by atoms with van der Waals surface area (Å²) in [6.45, 7) is 6.21. The van der Waals surface area contributed by atoms with Crippen LogP contribution in [-0.4, -0.2) is 71.6 Å². The molecule has 1 saturated heterocycles. The van der Waals surface area contributed by atoms with Crippen LogP contribution in [0.25, 0.3) is 5.69 Å². The summed E-state index contributed by atoms with van der Waals surface area (Å²) < 4.78 is 1.82. The highest BCUT2D eigenvalue weighted by atomic mass is 16.1. The number of carbonyl (C=O) groups excluding carboxylic acids is 1. The van der Waals surface area contributed by atoms with Crippen molar-refractivity contribution in [1.82, 2.24) is 24.7 Å². The molecule has 0 saturated carbocycles. The lowest BCUT2D eigenvalue weighted by Gasteiger charge is -2.32. The summed E-state index contributed by atoms with van der Waals surface area (Å²) in [5, 5.41) is 3.01. The lowest BCUT2D eigenvalue weighted by atomic mass is 10.3. The highest BCUT2D eigenvalue weighted by Crippen LogP contribution is 2.10. The van der Waals surface area contributed by atoms with Crippen LogP contribution in [0.3, 0.4) is 0 Å². The highest BCUT2D eigenvalue weighted by molar-refractivity contribution is 5.92. The van der Waals surface area contributed by atoms with Gasteiger partial charge in [0.05, 0.1) is 12.5 Å². The monoisotopic (exact) mass is 327 g/mol. The van der Waals surface area contributed by atoms with Crippen molar-refractivity contribution in [2.75, 3.05) is 46.3 Å². The molecule has 1 amide bonds. The maximum absolute atomic E-state index is 12.4. The second-order valence-electron chi connectivity index (χ2n) is 6.24. The van der Waals surface area contributed by atoms with Crippen molar-refractivity contribution in [3.8, 4) is 5.69 Å². The molecule has 0 atom stereocenters. The Hall–Kier alpha value is -2.18. The predicted octanol–water partition coefficient (Wildman–Crippen LogP) is 1.24. The van der Waals surface area contributed by atoms with Gasteiger partial charge in [-0.25, -0.2) is 4.98 Å². The summed E-state index contributed by atoms with van der Waals surface area (Å²) >= 11 is 0. The number of rotatable bonds is 6. The third-order valence-electron chi connectivity index (χ3n) is 4.44. The Morgan fingerprint density at radius 2 is 1.92 bits per heavy atom. The van der Waals surface area contributed by atoms with E-state index in [1.54, 1.807) is 12.5 Å². The van der Waals surface area contributed by atoms with E-state index in [-0.39, 0.29) is 5.91 Å². The fraction of sp³-hybridized carbons (Fsp3) is 0.444. The number of hydrogen-bond acceptors (Lipinski definition) is 4. The Morgan fingerprint density at radius 3 is 2.67 bits per heavy atom. The Bertz CT molecular complexity index is 646. The van der Waals surface area contributed by atoms with Crippen LogP contribution in [0.15, 0.2) is 42.9 Å². The molecule has 0 unspecified atom stereocenters. The zero-order valence-corrected chi connectivity index (χ0v) is 14.2. The Labute approximate surface area is 143 Å². The van der Waals surface area contributed by atoms with Gasteiger partial charge in [-0.3, -0.25) is 9.36 Å². The number of para-hydroxylation sites is 1. The van der Waals surface area contributed by atoms with Gasteiger partial charge >= 0.3 is 0 Å². The molecule has 2 aromatic rings. The molecule has 6 heteroatoms. The van der Waals surface area contributed by atoms with Gasteiger partial charge in [-0.15, -0.1) is 0 Å². The maximum Gasteiger partial charge on any atom is 0.269 e. The average Bonchev–Trinajstić information content (AvgIpc) is 3.11. The van der Waals surface area contributed by atoms with Gasteiger partial charge in [0.25, 0.3) is 5.91 Å². The van der Waals surface area contributed by atoms with E-state index in [4.69, 9.17) is 0 Å². The van der Waals surface area contributed by atoms with Crippen LogP contribution in [0.5, 0.6) is 0 Å². The molecule has 0 radical (unpaired) electrons. The van der Waals surface area contributed by atoms with Crippen molar-refractivity contribution >= 4 is 5.91 Å².